The number of aliphatic carboxylic acids is 1. The van der Waals surface area contributed by atoms with Crippen molar-refractivity contribution in [3.05, 3.63) is 77.1 Å². The van der Waals surface area contributed by atoms with Crippen molar-refractivity contribution in [3.8, 4) is 22.0 Å². The molecule has 0 atom stereocenters. The molecule has 5 N–H and O–H groups in total. The van der Waals surface area contributed by atoms with Gasteiger partial charge in [0.2, 0.25) is 0 Å². The Labute approximate surface area is 312 Å². The van der Waals surface area contributed by atoms with Gasteiger partial charge in [-0.1, -0.05) is 30.3 Å². The lowest BCUT2D eigenvalue weighted by Crippen LogP contribution is -2.35. The molecule has 5 rings (SSSR count). The van der Waals surface area contributed by atoms with Crippen LogP contribution in [0.15, 0.2) is 60.1 Å². The highest BCUT2D eigenvalue weighted by molar-refractivity contribution is 7.86. The van der Waals surface area contributed by atoms with E-state index in [-0.39, 0.29) is 0 Å². The highest BCUT2D eigenvalue weighted by Crippen LogP contribution is 2.35. The van der Waals surface area contributed by atoms with Crippen LogP contribution in [0.5, 0.6) is 5.75 Å². The van der Waals surface area contributed by atoms with Crippen molar-refractivity contribution in [2.75, 3.05) is 26.2 Å². The topological polar surface area (TPSA) is 174 Å². The molecular formula is C34H43F6N6O6S2+. The summed E-state index contributed by atoms with van der Waals surface area (Å²) in [4.78, 5) is 13.9. The van der Waals surface area contributed by atoms with Crippen molar-refractivity contribution in [1.82, 2.24) is 20.2 Å². The van der Waals surface area contributed by atoms with Crippen LogP contribution in [0, 0.1) is 5.92 Å². The number of thiazole rings is 1. The number of unbranched alkanes of at least 4 members (excludes halogenated alkanes) is 1. The van der Waals surface area contributed by atoms with E-state index in [0.717, 1.165) is 91.8 Å². The third-order valence-corrected chi connectivity index (χ3v) is 9.62. The molecule has 2 aromatic carbocycles. The molecular weight excluding hydrogens is 767 g/mol. The number of halogens is 6. The first kappa shape index (κ1) is 44.3. The van der Waals surface area contributed by atoms with E-state index in [9.17, 15) is 26.3 Å². The number of nitrogens with zero attached hydrogens (tertiary/aromatic N) is 4. The molecule has 3 heterocycles. The Bertz CT molecular complexity index is 1860. The molecule has 54 heavy (non-hydrogen) atoms. The van der Waals surface area contributed by atoms with Crippen LogP contribution in [0.3, 0.4) is 0 Å². The Hall–Kier alpha value is -4.11. The second-order valence-corrected chi connectivity index (χ2v) is 14.5. The van der Waals surface area contributed by atoms with Crippen molar-refractivity contribution >= 4 is 27.4 Å². The zero-order chi connectivity index (χ0) is 39.9. The minimum atomic E-state index is -5.84. The van der Waals surface area contributed by atoms with Gasteiger partial charge in [-0.2, -0.15) is 34.8 Å². The third kappa shape index (κ3) is 14.6. The number of carboxylic acid groups (broad SMARTS) is 1. The molecule has 298 valence electrons. The average molecular weight is 810 g/mol. The van der Waals surface area contributed by atoms with Gasteiger partial charge in [0.05, 0.1) is 23.1 Å². The number of carbonyl (C=O) groups is 1. The summed E-state index contributed by atoms with van der Waals surface area (Å²) in [6.45, 7) is 3.66. The summed E-state index contributed by atoms with van der Waals surface area (Å²) in [7, 11) is -3.83. The molecule has 0 radical (unpaired) electrons. The summed E-state index contributed by atoms with van der Waals surface area (Å²) in [6.07, 6.45) is 5.55. The van der Waals surface area contributed by atoms with Crippen LogP contribution in [0.25, 0.3) is 16.3 Å². The summed E-state index contributed by atoms with van der Waals surface area (Å²) in [5.74, 6) is -1.15. The van der Waals surface area contributed by atoms with Gasteiger partial charge in [0.25, 0.3) is 0 Å². The van der Waals surface area contributed by atoms with Gasteiger partial charge in [-0.15, -0.1) is 20.7 Å². The lowest BCUT2D eigenvalue weighted by Gasteiger charge is -2.22. The van der Waals surface area contributed by atoms with E-state index in [0.29, 0.717) is 6.61 Å². The lowest BCUT2D eigenvalue weighted by atomic mass is 9.95. The van der Waals surface area contributed by atoms with Crippen LogP contribution in [-0.2, 0) is 41.2 Å². The predicted molar refractivity (Wildman–Crippen MR) is 189 cm³/mol. The van der Waals surface area contributed by atoms with Crippen molar-refractivity contribution in [2.24, 2.45) is 18.7 Å². The number of nitrogens with one attached hydrogen (secondary N) is 1. The molecule has 0 saturated carbocycles. The maximum atomic E-state index is 10.7. The van der Waals surface area contributed by atoms with Gasteiger partial charge in [0.15, 0.2) is 17.6 Å². The van der Waals surface area contributed by atoms with E-state index in [1.807, 2.05) is 16.4 Å². The molecule has 0 bridgehead atoms. The van der Waals surface area contributed by atoms with E-state index in [2.05, 4.69) is 65.4 Å². The molecule has 0 amide bonds. The molecule has 0 spiro atoms. The number of carboxylic acids is 1. The normalized spacial score (nSPS) is 13.7. The number of rotatable bonds is 13. The van der Waals surface area contributed by atoms with E-state index in [1.165, 1.54) is 24.1 Å². The fourth-order valence-electron chi connectivity index (χ4n) is 5.17. The van der Waals surface area contributed by atoms with Crippen molar-refractivity contribution < 1.29 is 58.6 Å². The minimum absolute atomic E-state index is 0.713. The SMILES string of the molecule is C[n+]1nn(-c2ccc(-c3nc(CCc4ccccc4)cs3)c(OCCC3CCNCC3)c2)cc1CCCCN.O=C(O)C(F)(F)F.O=S(=O)(O)C(F)(F)F. The monoisotopic (exact) mass is 809 g/mol. The van der Waals surface area contributed by atoms with Crippen LogP contribution < -0.4 is 20.5 Å². The van der Waals surface area contributed by atoms with Crippen molar-refractivity contribution in [1.29, 1.82) is 0 Å². The molecule has 20 heteroatoms. The van der Waals surface area contributed by atoms with Gasteiger partial charge in [-0.25, -0.2) is 9.78 Å². The molecule has 1 fully saturated rings. The van der Waals surface area contributed by atoms with Crippen molar-refractivity contribution in [2.45, 2.75) is 63.1 Å². The highest BCUT2D eigenvalue weighted by Gasteiger charge is 2.44. The number of hydrogen-bond acceptors (Lipinski definition) is 9. The summed E-state index contributed by atoms with van der Waals surface area (Å²) >= 11 is 1.70. The minimum Gasteiger partial charge on any atom is -0.493 e. The van der Waals surface area contributed by atoms with E-state index in [1.54, 1.807) is 11.3 Å². The maximum Gasteiger partial charge on any atom is 0.522 e. The molecule has 1 aliphatic rings. The number of alkyl halides is 6. The summed E-state index contributed by atoms with van der Waals surface area (Å²) in [5.41, 5.74) is 5.88. The standard InChI is InChI=1S/C31H41N6OS.C2HF3O2.CHF3O3S/c1-36-28(9-5-6-17-32)22-37(35-36)27-12-13-29(30(21-27)38-20-16-25-14-18-33-19-15-25)31-34-26(23-39-31)11-10-24-7-3-2-4-8-24;3-2(4,5)1(6)7;2-1(3,4)8(5,6)7/h2-4,7-8,12-13,21-23,25,33H,5-6,9-11,14-20,32H2,1H3;(H,6,7);(H,5,6,7)/q+1;;. The highest BCUT2D eigenvalue weighted by atomic mass is 32.2. The molecule has 4 aromatic rings. The van der Waals surface area contributed by atoms with Crippen molar-refractivity contribution in [3.63, 3.8) is 0 Å². The number of benzene rings is 2. The van der Waals surface area contributed by atoms with Gasteiger partial charge in [-0.05, 0) is 88.2 Å². The Morgan fingerprint density at radius 2 is 1.70 bits per heavy atom. The van der Waals surface area contributed by atoms with Crippen LogP contribution >= 0.6 is 11.3 Å². The molecule has 1 saturated heterocycles. The zero-order valence-electron chi connectivity index (χ0n) is 29.3. The van der Waals surface area contributed by atoms with E-state index >= 15 is 0 Å². The fraction of sp³-hybridized carbons (Fsp3) is 0.471. The van der Waals surface area contributed by atoms with Crippen LogP contribution in [-0.4, -0.2) is 76.9 Å². The van der Waals surface area contributed by atoms with Gasteiger partial charge < -0.3 is 20.9 Å². The first-order valence-corrected chi connectivity index (χ1v) is 19.2. The third-order valence-electron chi connectivity index (χ3n) is 8.11. The second kappa shape index (κ2) is 20.5. The number of aromatic nitrogens is 4. The predicted octanol–water partition coefficient (Wildman–Crippen LogP) is 5.68. The Kier molecular flexibility index (Phi) is 16.8. The quantitative estimate of drug-likeness (QED) is 0.0433. The van der Waals surface area contributed by atoms with Crippen LogP contribution in [0.2, 0.25) is 0 Å². The average Bonchev–Trinajstić information content (AvgIpc) is 3.74. The van der Waals surface area contributed by atoms with E-state index < -0.39 is 27.8 Å². The Morgan fingerprint density at radius 1 is 1.06 bits per heavy atom. The second-order valence-electron chi connectivity index (χ2n) is 12.2. The van der Waals surface area contributed by atoms with Gasteiger partial charge in [-0.3, -0.25) is 4.55 Å². The Morgan fingerprint density at radius 3 is 2.30 bits per heavy atom. The van der Waals surface area contributed by atoms with Gasteiger partial charge >= 0.3 is 27.8 Å². The first-order valence-electron chi connectivity index (χ1n) is 16.8. The van der Waals surface area contributed by atoms with Crippen LogP contribution in [0.4, 0.5) is 26.3 Å². The number of ether oxygens (including phenoxy) is 1. The Balaban J connectivity index is 0.000000441. The number of aryl methyl sites for hydroxylation is 4. The van der Waals surface area contributed by atoms with Gasteiger partial charge in [0, 0.05) is 17.9 Å². The van der Waals surface area contributed by atoms with Gasteiger partial charge in [0.1, 0.15) is 17.8 Å². The number of nitrogens with two attached hydrogens (primary N) is 1. The molecule has 1 aliphatic heterocycles. The number of piperidine rings is 1. The van der Waals surface area contributed by atoms with Crippen LogP contribution in [0.1, 0.15) is 49.1 Å². The number of hydrogen-bond donors (Lipinski definition) is 4. The molecule has 0 aliphatic carbocycles. The smallest absolute Gasteiger partial charge is 0.493 e. The summed E-state index contributed by atoms with van der Waals surface area (Å²) in [5, 5.41) is 18.5. The largest absolute Gasteiger partial charge is 0.522 e. The molecule has 0 unspecified atom stereocenters. The zero-order valence-corrected chi connectivity index (χ0v) is 30.9. The maximum absolute atomic E-state index is 10.7. The lowest BCUT2D eigenvalue weighted by molar-refractivity contribution is -0.738. The fourth-order valence-corrected chi connectivity index (χ4v) is 6.06. The summed E-state index contributed by atoms with van der Waals surface area (Å²) in [6, 6.07) is 17.0. The summed E-state index contributed by atoms with van der Waals surface area (Å²) < 4.78 is 99.7. The van der Waals surface area contributed by atoms with E-state index in [4.69, 9.17) is 43.5 Å². The first-order chi connectivity index (χ1) is 25.4. The molecule has 2 aromatic heterocycles. The molecule has 12 nitrogen and oxygen atoms in total.